The van der Waals surface area contributed by atoms with Gasteiger partial charge in [0.15, 0.2) is 5.65 Å². The fourth-order valence-electron chi connectivity index (χ4n) is 4.49. The van der Waals surface area contributed by atoms with Gasteiger partial charge < -0.3 is 4.90 Å². The minimum Gasteiger partial charge on any atom is -0.343 e. The Morgan fingerprint density at radius 3 is 2.64 bits per heavy atom. The Hall–Kier alpha value is -1.91. The van der Waals surface area contributed by atoms with Crippen molar-refractivity contribution in [1.29, 1.82) is 0 Å². The first-order chi connectivity index (χ1) is 12.3. The van der Waals surface area contributed by atoms with Crippen LogP contribution >= 0.6 is 0 Å². The summed E-state index contributed by atoms with van der Waals surface area (Å²) in [6.45, 7) is 1.71. The van der Waals surface area contributed by atoms with Gasteiger partial charge in [-0.3, -0.25) is 9.20 Å². The number of fused-ring (bicyclic) bond motifs is 1. The predicted molar refractivity (Wildman–Crippen MR) is 97.4 cm³/mol. The smallest absolute Gasteiger partial charge is 0.222 e. The van der Waals surface area contributed by atoms with Crippen molar-refractivity contribution >= 4 is 11.6 Å². The topological polar surface area (TPSA) is 50.5 Å². The zero-order valence-corrected chi connectivity index (χ0v) is 14.9. The number of hydrogen-bond donors (Lipinski definition) is 0. The van der Waals surface area contributed by atoms with Crippen LogP contribution in [0, 0.1) is 5.92 Å². The molecule has 0 unspecified atom stereocenters. The lowest BCUT2D eigenvalue weighted by molar-refractivity contribution is -0.132. The van der Waals surface area contributed by atoms with Crippen molar-refractivity contribution in [3.63, 3.8) is 0 Å². The van der Waals surface area contributed by atoms with Crippen LogP contribution in [0.5, 0.6) is 0 Å². The number of piperidine rings is 1. The Kier molecular flexibility index (Phi) is 4.99. The van der Waals surface area contributed by atoms with Crippen LogP contribution in [-0.2, 0) is 4.79 Å². The molecule has 0 atom stereocenters. The quantitative estimate of drug-likeness (QED) is 0.851. The van der Waals surface area contributed by atoms with Gasteiger partial charge in [-0.15, -0.1) is 10.2 Å². The van der Waals surface area contributed by atoms with E-state index in [-0.39, 0.29) is 0 Å². The number of nitrogens with zero attached hydrogens (tertiary/aromatic N) is 4. The van der Waals surface area contributed by atoms with Crippen molar-refractivity contribution in [2.24, 2.45) is 5.92 Å². The maximum absolute atomic E-state index is 12.5. The van der Waals surface area contributed by atoms with E-state index < -0.39 is 0 Å². The molecular formula is C20H28N4O. The first-order valence-corrected chi connectivity index (χ1v) is 9.88. The molecule has 0 spiro atoms. The van der Waals surface area contributed by atoms with E-state index in [0.717, 1.165) is 56.2 Å². The van der Waals surface area contributed by atoms with Crippen LogP contribution in [0.2, 0.25) is 0 Å². The summed E-state index contributed by atoms with van der Waals surface area (Å²) in [5.74, 6) is 2.59. The molecular weight excluding hydrogens is 312 g/mol. The zero-order valence-electron chi connectivity index (χ0n) is 14.9. The number of pyridine rings is 1. The monoisotopic (exact) mass is 340 g/mol. The molecule has 0 N–H and O–H groups in total. The van der Waals surface area contributed by atoms with Gasteiger partial charge in [-0.2, -0.15) is 0 Å². The number of hydrogen-bond acceptors (Lipinski definition) is 3. The van der Waals surface area contributed by atoms with Gasteiger partial charge in [0.25, 0.3) is 0 Å². The summed E-state index contributed by atoms with van der Waals surface area (Å²) >= 11 is 0. The molecule has 4 rings (SSSR count). The molecule has 0 radical (unpaired) electrons. The molecule has 1 saturated carbocycles. The Bertz CT molecular complexity index is 711. The third-order valence-corrected chi connectivity index (χ3v) is 6.04. The highest BCUT2D eigenvalue weighted by molar-refractivity contribution is 5.76. The third-order valence-electron chi connectivity index (χ3n) is 6.04. The molecule has 2 aromatic rings. The van der Waals surface area contributed by atoms with Crippen LogP contribution in [0.25, 0.3) is 5.65 Å². The van der Waals surface area contributed by atoms with Crippen molar-refractivity contribution in [1.82, 2.24) is 19.5 Å². The lowest BCUT2D eigenvalue weighted by Gasteiger charge is -2.32. The summed E-state index contributed by atoms with van der Waals surface area (Å²) in [5, 5.41) is 8.66. The van der Waals surface area contributed by atoms with Gasteiger partial charge in [0.05, 0.1) is 0 Å². The van der Waals surface area contributed by atoms with E-state index in [9.17, 15) is 4.79 Å². The lowest BCUT2D eigenvalue weighted by Crippen LogP contribution is -2.38. The average molecular weight is 340 g/mol. The Labute approximate surface area is 149 Å². The summed E-state index contributed by atoms with van der Waals surface area (Å²) in [5.41, 5.74) is 0.906. The van der Waals surface area contributed by atoms with Gasteiger partial charge in [0, 0.05) is 31.6 Å². The average Bonchev–Trinajstić information content (AvgIpc) is 3.11. The summed E-state index contributed by atoms with van der Waals surface area (Å²) in [7, 11) is 0. The number of amides is 1. The highest BCUT2D eigenvalue weighted by atomic mass is 16.2. The van der Waals surface area contributed by atoms with Gasteiger partial charge in [0.1, 0.15) is 5.82 Å². The van der Waals surface area contributed by atoms with Gasteiger partial charge in [-0.25, -0.2) is 0 Å². The number of carbonyl (C=O) groups excluding carboxylic acids is 1. The minimum atomic E-state index is 0.357. The number of carbonyl (C=O) groups is 1. The molecule has 134 valence electrons. The number of aromatic nitrogens is 3. The highest BCUT2D eigenvalue weighted by Gasteiger charge is 2.27. The molecule has 1 amide bonds. The van der Waals surface area contributed by atoms with Crippen molar-refractivity contribution in [3.8, 4) is 0 Å². The number of likely N-dealkylation sites (tertiary alicyclic amines) is 1. The lowest BCUT2D eigenvalue weighted by atomic mass is 9.86. The second-order valence-electron chi connectivity index (χ2n) is 7.68. The first kappa shape index (κ1) is 16.6. The van der Waals surface area contributed by atoms with Crippen molar-refractivity contribution in [2.45, 2.75) is 63.7 Å². The maximum atomic E-state index is 12.5. The van der Waals surface area contributed by atoms with Crippen molar-refractivity contribution in [2.75, 3.05) is 13.1 Å². The predicted octanol–water partition coefficient (Wildman–Crippen LogP) is 3.80. The Morgan fingerprint density at radius 1 is 1.04 bits per heavy atom. The van der Waals surface area contributed by atoms with Gasteiger partial charge in [-0.05, 0) is 37.3 Å². The van der Waals surface area contributed by atoms with E-state index in [1.165, 1.54) is 32.1 Å². The first-order valence-electron chi connectivity index (χ1n) is 9.88. The van der Waals surface area contributed by atoms with Gasteiger partial charge in [-0.1, -0.05) is 38.2 Å². The SMILES string of the molecule is O=C(CCC1CCCCC1)N1CCC(c2nnc3ccccn23)CC1. The maximum Gasteiger partial charge on any atom is 0.222 e. The summed E-state index contributed by atoms with van der Waals surface area (Å²) in [4.78, 5) is 14.6. The summed E-state index contributed by atoms with van der Waals surface area (Å²) in [6, 6.07) is 5.99. The molecule has 1 aliphatic carbocycles. The van der Waals surface area contributed by atoms with Crippen LogP contribution < -0.4 is 0 Å². The molecule has 2 fully saturated rings. The Morgan fingerprint density at radius 2 is 1.84 bits per heavy atom. The van der Waals surface area contributed by atoms with Crippen LogP contribution in [-0.4, -0.2) is 38.5 Å². The molecule has 5 nitrogen and oxygen atoms in total. The molecule has 0 bridgehead atoms. The van der Waals surface area contributed by atoms with E-state index in [0.29, 0.717) is 11.8 Å². The largest absolute Gasteiger partial charge is 0.343 e. The molecule has 1 saturated heterocycles. The van der Waals surface area contributed by atoms with E-state index in [2.05, 4.69) is 19.5 Å². The van der Waals surface area contributed by atoms with Crippen LogP contribution in [0.1, 0.15) is 69.5 Å². The van der Waals surface area contributed by atoms with E-state index >= 15 is 0 Å². The van der Waals surface area contributed by atoms with Gasteiger partial charge >= 0.3 is 0 Å². The van der Waals surface area contributed by atoms with Crippen LogP contribution in [0.15, 0.2) is 24.4 Å². The minimum absolute atomic E-state index is 0.357. The second-order valence-corrected chi connectivity index (χ2v) is 7.68. The second kappa shape index (κ2) is 7.54. The Balaban J connectivity index is 1.29. The van der Waals surface area contributed by atoms with Crippen LogP contribution in [0.4, 0.5) is 0 Å². The van der Waals surface area contributed by atoms with E-state index in [1.54, 1.807) is 0 Å². The van der Waals surface area contributed by atoms with Crippen LogP contribution in [0.3, 0.4) is 0 Å². The molecule has 5 heteroatoms. The molecule has 2 aliphatic rings. The molecule has 2 aromatic heterocycles. The van der Waals surface area contributed by atoms with Crippen molar-refractivity contribution in [3.05, 3.63) is 30.2 Å². The third kappa shape index (κ3) is 3.70. The van der Waals surface area contributed by atoms with E-state index in [4.69, 9.17) is 0 Å². The fraction of sp³-hybridized carbons (Fsp3) is 0.650. The van der Waals surface area contributed by atoms with E-state index in [1.807, 2.05) is 24.4 Å². The number of rotatable bonds is 4. The summed E-state index contributed by atoms with van der Waals surface area (Å²) in [6.07, 6.45) is 12.6. The normalized spacial score (nSPS) is 20.2. The highest BCUT2D eigenvalue weighted by Crippen LogP contribution is 2.29. The summed E-state index contributed by atoms with van der Waals surface area (Å²) < 4.78 is 2.09. The standard InChI is InChI=1S/C20H28N4O/c25-19(10-9-16-6-2-1-3-7-16)23-14-11-17(12-15-23)20-22-21-18-8-4-5-13-24(18)20/h4-5,8,13,16-17H,1-3,6-7,9-12,14-15H2. The van der Waals surface area contributed by atoms with Crippen molar-refractivity contribution < 1.29 is 4.79 Å². The molecule has 3 heterocycles. The molecule has 1 aliphatic heterocycles. The molecule has 25 heavy (non-hydrogen) atoms. The fourth-order valence-corrected chi connectivity index (χ4v) is 4.49. The zero-order chi connectivity index (χ0) is 17.1. The molecule has 0 aromatic carbocycles. The van der Waals surface area contributed by atoms with Gasteiger partial charge in [0.2, 0.25) is 5.91 Å².